The van der Waals surface area contributed by atoms with Gasteiger partial charge in [0.25, 0.3) is 0 Å². The minimum atomic E-state index is -0.586. The maximum absolute atomic E-state index is 12.3. The normalized spacial score (nSPS) is 9.56. The van der Waals surface area contributed by atoms with Crippen LogP contribution >= 0.6 is 11.6 Å². The molecule has 0 aliphatic heterocycles. The third kappa shape index (κ3) is 1.29. The Morgan fingerprint density at radius 1 is 1.67 bits per heavy atom. The molecule has 2 nitrogen and oxygen atoms in total. The molecule has 0 radical (unpaired) electrons. The van der Waals surface area contributed by atoms with Gasteiger partial charge in [0, 0.05) is 6.07 Å². The van der Waals surface area contributed by atoms with Crippen LogP contribution in [-0.4, -0.2) is 4.98 Å². The Kier molecular flexibility index (Phi) is 1.53. The largest absolute Gasteiger partial charge is 0.397 e. The molecule has 0 saturated carbocycles. The molecule has 0 aliphatic rings. The number of hydrogen-bond donors (Lipinski definition) is 1. The van der Waals surface area contributed by atoms with E-state index in [-0.39, 0.29) is 10.8 Å². The summed E-state index contributed by atoms with van der Waals surface area (Å²) in [6.07, 6.45) is 1.30. The fourth-order valence-electron chi connectivity index (χ4n) is 0.436. The van der Waals surface area contributed by atoms with Crippen molar-refractivity contribution in [3.8, 4) is 0 Å². The van der Waals surface area contributed by atoms with Crippen LogP contribution in [0.25, 0.3) is 0 Å². The fourth-order valence-corrected chi connectivity index (χ4v) is 0.539. The molecule has 48 valence electrons. The summed E-state index contributed by atoms with van der Waals surface area (Å²) in [6.45, 7) is 0. The van der Waals surface area contributed by atoms with E-state index in [0.29, 0.717) is 0 Å². The van der Waals surface area contributed by atoms with Crippen LogP contribution in [0, 0.1) is 5.82 Å². The highest BCUT2D eigenvalue weighted by Crippen LogP contribution is 2.12. The van der Waals surface area contributed by atoms with Crippen molar-refractivity contribution in [1.82, 2.24) is 4.98 Å². The van der Waals surface area contributed by atoms with Gasteiger partial charge in [-0.2, -0.15) is 0 Å². The molecule has 9 heavy (non-hydrogen) atoms. The zero-order chi connectivity index (χ0) is 6.85. The Morgan fingerprint density at radius 3 is 2.78 bits per heavy atom. The Balaban J connectivity index is 3.17. The van der Waals surface area contributed by atoms with Gasteiger partial charge >= 0.3 is 0 Å². The average Bonchev–Trinajstić information content (AvgIpc) is 1.80. The zero-order valence-corrected chi connectivity index (χ0v) is 5.19. The van der Waals surface area contributed by atoms with Gasteiger partial charge in [0.1, 0.15) is 0 Å². The van der Waals surface area contributed by atoms with Gasteiger partial charge in [-0.1, -0.05) is 11.6 Å². The van der Waals surface area contributed by atoms with Crippen LogP contribution in [-0.2, 0) is 0 Å². The first-order valence-corrected chi connectivity index (χ1v) is 2.64. The number of nitrogens with two attached hydrogens (primary N) is 1. The van der Waals surface area contributed by atoms with Crippen molar-refractivity contribution < 1.29 is 4.39 Å². The SMILES string of the molecule is Nc1cnc(Cl)c(F)c1. The monoisotopic (exact) mass is 146 g/mol. The summed E-state index contributed by atoms with van der Waals surface area (Å²) in [5.74, 6) is -0.586. The Labute approximate surface area is 56.5 Å². The molecule has 0 fully saturated rings. The van der Waals surface area contributed by atoms with Gasteiger partial charge in [-0.05, 0) is 0 Å². The van der Waals surface area contributed by atoms with Crippen molar-refractivity contribution >= 4 is 17.3 Å². The van der Waals surface area contributed by atoms with Crippen LogP contribution < -0.4 is 5.73 Å². The number of aromatic nitrogens is 1. The van der Waals surface area contributed by atoms with Crippen LogP contribution in [0.15, 0.2) is 12.3 Å². The number of pyridine rings is 1. The highest BCUT2D eigenvalue weighted by molar-refractivity contribution is 6.29. The van der Waals surface area contributed by atoms with Crippen LogP contribution in [0.5, 0.6) is 0 Å². The lowest BCUT2D eigenvalue weighted by atomic mass is 10.4. The maximum atomic E-state index is 12.3. The van der Waals surface area contributed by atoms with Crippen molar-refractivity contribution in [1.29, 1.82) is 0 Å². The molecule has 2 N–H and O–H groups in total. The lowest BCUT2D eigenvalue weighted by molar-refractivity contribution is 0.623. The Bertz CT molecular complexity index is 226. The molecule has 0 bridgehead atoms. The summed E-state index contributed by atoms with van der Waals surface area (Å²) in [7, 11) is 0. The highest BCUT2D eigenvalue weighted by atomic mass is 35.5. The molecule has 0 atom stereocenters. The average molecular weight is 147 g/mol. The second kappa shape index (κ2) is 2.19. The molecule has 1 rings (SSSR count). The third-order valence-corrected chi connectivity index (χ3v) is 1.10. The zero-order valence-electron chi connectivity index (χ0n) is 4.44. The summed E-state index contributed by atoms with van der Waals surface area (Å²) in [4.78, 5) is 3.44. The summed E-state index contributed by atoms with van der Waals surface area (Å²) in [6, 6.07) is 1.12. The molecule has 1 aromatic heterocycles. The van der Waals surface area contributed by atoms with Crippen molar-refractivity contribution in [2.75, 3.05) is 5.73 Å². The molecular formula is C5H4ClFN2. The predicted octanol–water partition coefficient (Wildman–Crippen LogP) is 1.46. The molecule has 0 aliphatic carbocycles. The van der Waals surface area contributed by atoms with Gasteiger partial charge in [0.2, 0.25) is 0 Å². The van der Waals surface area contributed by atoms with E-state index >= 15 is 0 Å². The Morgan fingerprint density at radius 2 is 2.33 bits per heavy atom. The van der Waals surface area contributed by atoms with E-state index in [4.69, 9.17) is 17.3 Å². The van der Waals surface area contributed by atoms with E-state index in [1.165, 1.54) is 6.20 Å². The van der Waals surface area contributed by atoms with E-state index in [1.807, 2.05) is 0 Å². The van der Waals surface area contributed by atoms with Crippen molar-refractivity contribution in [2.45, 2.75) is 0 Å². The first-order valence-electron chi connectivity index (χ1n) is 2.26. The minimum absolute atomic E-state index is 0.149. The summed E-state index contributed by atoms with van der Waals surface area (Å²) < 4.78 is 12.3. The number of anilines is 1. The van der Waals surface area contributed by atoms with Crippen LogP contribution in [0.4, 0.5) is 10.1 Å². The molecular weight excluding hydrogens is 143 g/mol. The van der Waals surface area contributed by atoms with Gasteiger partial charge < -0.3 is 5.73 Å². The number of nitrogens with zero attached hydrogens (tertiary/aromatic N) is 1. The quantitative estimate of drug-likeness (QED) is 0.563. The third-order valence-electron chi connectivity index (χ3n) is 0.817. The van der Waals surface area contributed by atoms with Gasteiger partial charge in [-0.15, -0.1) is 0 Å². The summed E-state index contributed by atoms with van der Waals surface area (Å²) in [5, 5.41) is -0.149. The summed E-state index contributed by atoms with van der Waals surface area (Å²) >= 11 is 5.24. The molecule has 0 spiro atoms. The van der Waals surface area contributed by atoms with Gasteiger partial charge in [0.15, 0.2) is 11.0 Å². The highest BCUT2D eigenvalue weighted by Gasteiger charge is 1.97. The first kappa shape index (κ1) is 6.29. The van der Waals surface area contributed by atoms with Crippen molar-refractivity contribution in [3.05, 3.63) is 23.2 Å². The molecule has 0 saturated heterocycles. The number of halogens is 2. The topological polar surface area (TPSA) is 38.9 Å². The standard InChI is InChI=1S/C5H4ClFN2/c6-5-4(7)1-3(8)2-9-5/h1-2H,8H2. The summed E-state index contributed by atoms with van der Waals surface area (Å²) in [5.41, 5.74) is 5.44. The van der Waals surface area contributed by atoms with Crippen molar-refractivity contribution in [2.24, 2.45) is 0 Å². The molecule has 4 heteroatoms. The number of nitrogen functional groups attached to an aromatic ring is 1. The molecule has 0 aromatic carbocycles. The predicted molar refractivity (Wildman–Crippen MR) is 33.6 cm³/mol. The minimum Gasteiger partial charge on any atom is -0.397 e. The second-order valence-electron chi connectivity index (χ2n) is 1.54. The van der Waals surface area contributed by atoms with Crippen LogP contribution in [0.2, 0.25) is 5.15 Å². The molecule has 0 unspecified atom stereocenters. The van der Waals surface area contributed by atoms with E-state index in [9.17, 15) is 4.39 Å². The smallest absolute Gasteiger partial charge is 0.164 e. The van der Waals surface area contributed by atoms with Gasteiger partial charge in [0.05, 0.1) is 11.9 Å². The van der Waals surface area contributed by atoms with Crippen molar-refractivity contribution in [3.63, 3.8) is 0 Å². The molecule has 1 aromatic rings. The van der Waals surface area contributed by atoms with Crippen LogP contribution in [0.1, 0.15) is 0 Å². The molecule has 1 heterocycles. The second-order valence-corrected chi connectivity index (χ2v) is 1.90. The van der Waals surface area contributed by atoms with E-state index in [0.717, 1.165) is 6.07 Å². The lowest BCUT2D eigenvalue weighted by Crippen LogP contribution is -1.88. The van der Waals surface area contributed by atoms with Gasteiger partial charge in [-0.25, -0.2) is 9.37 Å². The number of rotatable bonds is 0. The fraction of sp³-hybridized carbons (Fsp3) is 0. The van der Waals surface area contributed by atoms with Gasteiger partial charge in [-0.3, -0.25) is 0 Å². The van der Waals surface area contributed by atoms with E-state index in [2.05, 4.69) is 4.98 Å². The molecule has 0 amide bonds. The first-order chi connectivity index (χ1) is 4.20. The number of hydrogen-bond acceptors (Lipinski definition) is 2. The maximum Gasteiger partial charge on any atom is 0.164 e. The Hall–Kier alpha value is -0.830. The van der Waals surface area contributed by atoms with Crippen LogP contribution in [0.3, 0.4) is 0 Å². The lowest BCUT2D eigenvalue weighted by Gasteiger charge is -1.92. The van der Waals surface area contributed by atoms with E-state index < -0.39 is 5.82 Å². The van der Waals surface area contributed by atoms with E-state index in [1.54, 1.807) is 0 Å².